The first kappa shape index (κ1) is 30.4. The fourth-order valence-electron chi connectivity index (χ4n) is 5.52. The Balaban J connectivity index is 1.23. The molecule has 6 heteroatoms. The molecule has 6 rings (SSSR count). The zero-order chi connectivity index (χ0) is 31.4. The van der Waals surface area contributed by atoms with Crippen molar-refractivity contribution >= 4 is 52.0 Å². The zero-order valence-corrected chi connectivity index (χ0v) is 27.6. The number of hydrogen-bond donors (Lipinski definition) is 0. The average Bonchev–Trinajstić information content (AvgIpc) is 3.53. The van der Waals surface area contributed by atoms with E-state index in [-0.39, 0.29) is 0 Å². The molecule has 0 radical (unpaired) electrons. The van der Waals surface area contributed by atoms with Gasteiger partial charge in [-0.3, -0.25) is 0 Å². The molecule has 0 aliphatic rings. The summed E-state index contributed by atoms with van der Waals surface area (Å²) in [6, 6.07) is 34.8. The van der Waals surface area contributed by atoms with Gasteiger partial charge in [0.2, 0.25) is 0 Å². The number of hydrogen-bond acceptors (Lipinski definition) is 4. The Kier molecular flexibility index (Phi) is 8.87. The second kappa shape index (κ2) is 13.1. The Hall–Kier alpha value is -4.65. The van der Waals surface area contributed by atoms with E-state index in [0.29, 0.717) is 0 Å². The van der Waals surface area contributed by atoms with E-state index in [4.69, 9.17) is 4.37 Å². The van der Waals surface area contributed by atoms with Crippen molar-refractivity contribution in [2.75, 3.05) is 32.6 Å². The summed E-state index contributed by atoms with van der Waals surface area (Å²) in [5, 5.41) is 0. The lowest BCUT2D eigenvalue weighted by Crippen LogP contribution is -2.39. The predicted molar refractivity (Wildman–Crippen MR) is 190 cm³/mol. The van der Waals surface area contributed by atoms with Gasteiger partial charge in [0.25, 0.3) is 0 Å². The molecule has 0 atom stereocenters. The number of pyridine rings is 1. The molecule has 0 bridgehead atoms. The summed E-state index contributed by atoms with van der Waals surface area (Å²) < 4.78 is 12.7. The molecule has 5 nitrogen and oxygen atoms in total. The SMILES string of the molecule is Cc1ccc(N(c2ccc(C)cc2)c2ccc(-c3ccc(/C=C/c4cc[n+](CCC[N+](C)(C)C)cc4)c4nsnc34)cc2)cc1. The molecule has 0 aliphatic carbocycles. The molecule has 2 heterocycles. The van der Waals surface area contributed by atoms with Gasteiger partial charge < -0.3 is 9.38 Å². The molecule has 0 unspecified atom stereocenters. The minimum Gasteiger partial charge on any atom is -0.331 e. The first-order valence-electron chi connectivity index (χ1n) is 15.5. The Morgan fingerprint density at radius 1 is 0.667 bits per heavy atom. The number of aryl methyl sites for hydroxylation is 3. The van der Waals surface area contributed by atoms with E-state index in [2.05, 4.69) is 170 Å². The monoisotopic (exact) mass is 611 g/mol. The fraction of sp³-hybridized carbons (Fsp3) is 0.205. The van der Waals surface area contributed by atoms with E-state index in [1.54, 1.807) is 0 Å². The van der Waals surface area contributed by atoms with Crippen molar-refractivity contribution in [3.63, 3.8) is 0 Å². The van der Waals surface area contributed by atoms with Crippen LogP contribution in [0.3, 0.4) is 0 Å². The first-order valence-corrected chi connectivity index (χ1v) is 16.2. The van der Waals surface area contributed by atoms with Gasteiger partial charge in [-0.2, -0.15) is 8.75 Å². The van der Waals surface area contributed by atoms with Gasteiger partial charge in [-0.05, 0) is 61.4 Å². The Morgan fingerprint density at radius 3 is 1.80 bits per heavy atom. The number of aromatic nitrogens is 3. The summed E-state index contributed by atoms with van der Waals surface area (Å²) in [6.07, 6.45) is 9.80. The normalized spacial score (nSPS) is 11.8. The van der Waals surface area contributed by atoms with Gasteiger partial charge in [-0.15, -0.1) is 0 Å². The van der Waals surface area contributed by atoms with Crippen LogP contribution in [0, 0.1) is 13.8 Å². The lowest BCUT2D eigenvalue weighted by Gasteiger charge is -2.26. The lowest BCUT2D eigenvalue weighted by atomic mass is 10.0. The van der Waals surface area contributed by atoms with Crippen LogP contribution in [-0.2, 0) is 6.54 Å². The number of fused-ring (bicyclic) bond motifs is 1. The van der Waals surface area contributed by atoms with Gasteiger partial charge in [0.1, 0.15) is 11.0 Å². The van der Waals surface area contributed by atoms with Crippen molar-refractivity contribution in [3.05, 3.63) is 132 Å². The van der Waals surface area contributed by atoms with Crippen LogP contribution in [0.4, 0.5) is 17.1 Å². The van der Waals surface area contributed by atoms with Crippen molar-refractivity contribution in [1.82, 2.24) is 8.75 Å². The summed E-state index contributed by atoms with van der Waals surface area (Å²) in [4.78, 5) is 2.30. The van der Waals surface area contributed by atoms with Crippen LogP contribution in [0.15, 0.2) is 109 Å². The summed E-state index contributed by atoms with van der Waals surface area (Å²) in [6.45, 7) is 6.43. The van der Waals surface area contributed by atoms with Crippen LogP contribution in [0.2, 0.25) is 0 Å². The Labute approximate surface area is 271 Å². The quantitative estimate of drug-likeness (QED) is 0.114. The van der Waals surface area contributed by atoms with E-state index in [1.165, 1.54) is 28.4 Å². The molecular formula is C39H41N5S+2. The highest BCUT2D eigenvalue weighted by Crippen LogP contribution is 2.37. The van der Waals surface area contributed by atoms with Crippen LogP contribution in [0.1, 0.15) is 28.7 Å². The third kappa shape index (κ3) is 7.36. The molecule has 0 saturated heterocycles. The molecule has 0 amide bonds. The van der Waals surface area contributed by atoms with E-state index < -0.39 is 0 Å². The number of anilines is 3. The first-order chi connectivity index (χ1) is 21.7. The highest BCUT2D eigenvalue weighted by molar-refractivity contribution is 7.00. The lowest BCUT2D eigenvalue weighted by molar-refractivity contribution is -0.873. The third-order valence-corrected chi connectivity index (χ3v) is 8.61. The van der Waals surface area contributed by atoms with Crippen molar-refractivity contribution in [3.8, 4) is 11.1 Å². The summed E-state index contributed by atoms with van der Waals surface area (Å²) >= 11 is 1.27. The maximum Gasteiger partial charge on any atom is 0.169 e. The van der Waals surface area contributed by atoms with Gasteiger partial charge in [-0.25, -0.2) is 4.57 Å². The summed E-state index contributed by atoms with van der Waals surface area (Å²) in [7, 11) is 6.72. The molecule has 226 valence electrons. The van der Waals surface area contributed by atoms with Crippen LogP contribution in [0.25, 0.3) is 34.3 Å². The molecule has 6 aromatic rings. The molecule has 4 aromatic carbocycles. The smallest absolute Gasteiger partial charge is 0.169 e. The van der Waals surface area contributed by atoms with E-state index >= 15 is 0 Å². The molecular weight excluding hydrogens is 571 g/mol. The summed E-state index contributed by atoms with van der Waals surface area (Å²) in [5.74, 6) is 0. The highest BCUT2D eigenvalue weighted by Gasteiger charge is 2.15. The largest absolute Gasteiger partial charge is 0.331 e. The van der Waals surface area contributed by atoms with Gasteiger partial charge in [0.05, 0.1) is 45.8 Å². The van der Waals surface area contributed by atoms with Crippen LogP contribution < -0.4 is 9.47 Å². The molecule has 0 fully saturated rings. The van der Waals surface area contributed by atoms with Crippen molar-refractivity contribution in [2.45, 2.75) is 26.8 Å². The Morgan fingerprint density at radius 2 is 1.22 bits per heavy atom. The summed E-state index contributed by atoms with van der Waals surface area (Å²) in [5.41, 5.74) is 12.2. The molecule has 45 heavy (non-hydrogen) atoms. The topological polar surface area (TPSA) is 32.9 Å². The molecule has 0 saturated carbocycles. The van der Waals surface area contributed by atoms with Gasteiger partial charge in [-0.1, -0.05) is 71.8 Å². The highest BCUT2D eigenvalue weighted by atomic mass is 32.1. The fourth-order valence-corrected chi connectivity index (χ4v) is 6.10. The van der Waals surface area contributed by atoms with E-state index in [1.807, 2.05) is 0 Å². The maximum atomic E-state index is 4.72. The number of nitrogens with zero attached hydrogens (tertiary/aromatic N) is 5. The van der Waals surface area contributed by atoms with Crippen molar-refractivity contribution in [1.29, 1.82) is 0 Å². The standard InChI is InChI=1S/C39H41N5S/c1-29-7-16-34(17-8-29)43(35-18-9-30(2)10-19-35)36-20-13-32(14-21-36)37-22-15-33(38-39(37)41-45-40-38)12-11-31-23-26-42(27-24-31)25-6-28-44(3,4)5/h7-24,26-27H,6,25,28H2,1-5H3/q+2. The second-order valence-corrected chi connectivity index (χ2v) is 13.3. The van der Waals surface area contributed by atoms with Gasteiger partial charge >= 0.3 is 0 Å². The maximum absolute atomic E-state index is 4.72. The van der Waals surface area contributed by atoms with Gasteiger partial charge in [0, 0.05) is 40.3 Å². The van der Waals surface area contributed by atoms with Crippen molar-refractivity contribution < 1.29 is 9.05 Å². The Bertz CT molecular complexity index is 1850. The third-order valence-electron chi connectivity index (χ3n) is 8.09. The number of rotatable bonds is 10. The minimum atomic E-state index is 0.935. The average molecular weight is 612 g/mol. The van der Waals surface area contributed by atoms with Crippen molar-refractivity contribution in [2.24, 2.45) is 0 Å². The number of quaternary nitrogens is 1. The minimum absolute atomic E-state index is 0.935. The van der Waals surface area contributed by atoms with Gasteiger partial charge in [0.15, 0.2) is 18.9 Å². The second-order valence-electron chi connectivity index (χ2n) is 12.8. The zero-order valence-electron chi connectivity index (χ0n) is 26.8. The molecule has 2 aromatic heterocycles. The van der Waals surface area contributed by atoms with Crippen LogP contribution >= 0.6 is 11.7 Å². The van der Waals surface area contributed by atoms with E-state index in [0.717, 1.165) is 68.8 Å². The van der Waals surface area contributed by atoms with Crippen LogP contribution in [0.5, 0.6) is 0 Å². The van der Waals surface area contributed by atoms with Crippen LogP contribution in [-0.4, -0.2) is 40.9 Å². The predicted octanol–water partition coefficient (Wildman–Crippen LogP) is 9.00. The van der Waals surface area contributed by atoms with E-state index in [9.17, 15) is 0 Å². The number of benzene rings is 4. The molecule has 0 spiro atoms. The molecule has 0 N–H and O–H groups in total. The molecule has 0 aliphatic heterocycles.